The van der Waals surface area contributed by atoms with Crippen LogP contribution in [0.2, 0.25) is 0 Å². The number of carbonyl (C=O) groups is 5. The van der Waals surface area contributed by atoms with Crippen molar-refractivity contribution >= 4 is 47.4 Å². The molecule has 0 aromatic heterocycles. The van der Waals surface area contributed by atoms with Crippen LogP contribution in [-0.4, -0.2) is 88.6 Å². The third-order valence-electron chi connectivity index (χ3n) is 5.60. The number of carboxylic acid groups (broad SMARTS) is 2. The van der Waals surface area contributed by atoms with Crippen LogP contribution >= 0.6 is 11.8 Å². The average molecular weight is 548 g/mol. The van der Waals surface area contributed by atoms with E-state index in [-0.39, 0.29) is 31.8 Å². The lowest BCUT2D eigenvalue weighted by Gasteiger charge is -2.28. The van der Waals surface area contributed by atoms with Gasteiger partial charge in [0.15, 0.2) is 5.96 Å². The van der Waals surface area contributed by atoms with Gasteiger partial charge in [-0.2, -0.15) is 11.8 Å². The van der Waals surface area contributed by atoms with E-state index in [4.69, 9.17) is 22.3 Å². The molecule has 0 aromatic rings. The fourth-order valence-electron chi connectivity index (χ4n) is 3.17. The van der Waals surface area contributed by atoms with Crippen molar-refractivity contribution in [3.8, 4) is 0 Å². The molecule has 0 heterocycles. The molecule has 0 saturated heterocycles. The molecule has 5 atom stereocenters. The monoisotopic (exact) mass is 547 g/mol. The summed E-state index contributed by atoms with van der Waals surface area (Å²) in [6.45, 7) is 3.66. The van der Waals surface area contributed by atoms with E-state index in [1.54, 1.807) is 13.8 Å². The zero-order chi connectivity index (χ0) is 28.5. The molecule has 0 aliphatic rings. The van der Waals surface area contributed by atoms with Crippen LogP contribution in [0.15, 0.2) is 4.99 Å². The highest BCUT2D eigenvalue weighted by molar-refractivity contribution is 7.98. The number of nitrogens with two attached hydrogens (primary N) is 3. The maximum Gasteiger partial charge on any atom is 0.326 e. The lowest BCUT2D eigenvalue weighted by atomic mass is 9.96. The second-order valence-corrected chi connectivity index (χ2v) is 9.59. The van der Waals surface area contributed by atoms with Crippen LogP contribution in [0.3, 0.4) is 0 Å². The summed E-state index contributed by atoms with van der Waals surface area (Å²) in [5.74, 6) is -4.46. The molecular formula is C22H41N7O7S. The molecular weight excluding hydrogens is 506 g/mol. The van der Waals surface area contributed by atoms with E-state index in [0.29, 0.717) is 18.6 Å². The molecule has 14 nitrogen and oxygen atoms in total. The number of nitrogens with one attached hydrogen (secondary N) is 3. The van der Waals surface area contributed by atoms with Gasteiger partial charge in [-0.1, -0.05) is 20.3 Å². The number of amides is 3. The van der Waals surface area contributed by atoms with Gasteiger partial charge in [0.2, 0.25) is 17.7 Å². The molecule has 15 heteroatoms. The van der Waals surface area contributed by atoms with E-state index in [1.807, 2.05) is 6.26 Å². The molecule has 3 amide bonds. The first-order valence-corrected chi connectivity index (χ1v) is 13.4. The molecule has 0 aliphatic carbocycles. The number of carboxylic acids is 2. The Kier molecular flexibility index (Phi) is 16.7. The van der Waals surface area contributed by atoms with Gasteiger partial charge in [0.05, 0.1) is 6.04 Å². The lowest BCUT2D eigenvalue weighted by Crippen LogP contribution is -2.58. The van der Waals surface area contributed by atoms with Crippen molar-refractivity contribution in [3.05, 3.63) is 0 Å². The predicted molar refractivity (Wildman–Crippen MR) is 141 cm³/mol. The number of guanidine groups is 1. The summed E-state index contributed by atoms with van der Waals surface area (Å²) in [5.41, 5.74) is 16.4. The number of hydrogen-bond acceptors (Lipinski definition) is 8. The quantitative estimate of drug-likeness (QED) is 0.0528. The third kappa shape index (κ3) is 14.3. The Balaban J connectivity index is 5.54. The zero-order valence-electron chi connectivity index (χ0n) is 21.6. The minimum absolute atomic E-state index is 0.0459. The maximum absolute atomic E-state index is 13.1. The van der Waals surface area contributed by atoms with Crippen LogP contribution in [0.5, 0.6) is 0 Å². The van der Waals surface area contributed by atoms with Gasteiger partial charge in [0, 0.05) is 13.0 Å². The van der Waals surface area contributed by atoms with Crippen molar-refractivity contribution in [2.45, 2.75) is 76.5 Å². The number of thioether (sulfide) groups is 1. The van der Waals surface area contributed by atoms with Crippen molar-refractivity contribution in [1.82, 2.24) is 16.0 Å². The molecule has 0 spiro atoms. The number of aliphatic carboxylic acids is 2. The Hall–Kier alpha value is -3.07. The number of hydrogen-bond donors (Lipinski definition) is 8. The first kappa shape index (κ1) is 33.9. The molecule has 0 aliphatic heterocycles. The standard InChI is InChI=1S/C22H41N7O7S/c1-4-12(2)17(20(34)28-15(21(35)36)6-5-10-26-22(24)25)29-19(33)14(7-8-16(30)31)27-18(32)13(23)9-11-37-3/h12-15,17H,4-11,23H2,1-3H3,(H,27,32)(H,28,34)(H,29,33)(H,30,31)(H,35,36)(H4,24,25,26). The average Bonchev–Trinajstić information content (AvgIpc) is 2.83. The van der Waals surface area contributed by atoms with Crippen LogP contribution in [0, 0.1) is 5.92 Å². The lowest BCUT2D eigenvalue weighted by molar-refractivity contribution is -0.143. The summed E-state index contributed by atoms with van der Waals surface area (Å²) in [4.78, 5) is 65.1. The second-order valence-electron chi connectivity index (χ2n) is 8.60. The van der Waals surface area contributed by atoms with Crippen molar-refractivity contribution in [3.63, 3.8) is 0 Å². The highest BCUT2D eigenvalue weighted by Crippen LogP contribution is 2.11. The smallest absolute Gasteiger partial charge is 0.326 e. The molecule has 0 fully saturated rings. The van der Waals surface area contributed by atoms with E-state index in [9.17, 15) is 29.1 Å². The zero-order valence-corrected chi connectivity index (χ0v) is 22.4. The van der Waals surface area contributed by atoms with Crippen LogP contribution < -0.4 is 33.2 Å². The number of rotatable bonds is 19. The fraction of sp³-hybridized carbons (Fsp3) is 0.727. The molecule has 0 radical (unpaired) electrons. The van der Waals surface area contributed by atoms with Gasteiger partial charge in [-0.15, -0.1) is 0 Å². The van der Waals surface area contributed by atoms with E-state index >= 15 is 0 Å². The van der Waals surface area contributed by atoms with Gasteiger partial charge in [0.25, 0.3) is 0 Å². The Morgan fingerprint density at radius 3 is 2.05 bits per heavy atom. The Bertz CT molecular complexity index is 808. The topological polar surface area (TPSA) is 252 Å². The molecule has 212 valence electrons. The number of aliphatic imine (C=N–C) groups is 1. The van der Waals surface area contributed by atoms with Crippen LogP contribution in [0.4, 0.5) is 0 Å². The Morgan fingerprint density at radius 1 is 0.919 bits per heavy atom. The highest BCUT2D eigenvalue weighted by atomic mass is 32.2. The first-order valence-electron chi connectivity index (χ1n) is 12.0. The van der Waals surface area contributed by atoms with Crippen LogP contribution in [0.25, 0.3) is 0 Å². The maximum atomic E-state index is 13.1. The van der Waals surface area contributed by atoms with Gasteiger partial charge < -0.3 is 43.4 Å². The van der Waals surface area contributed by atoms with Gasteiger partial charge in [-0.05, 0) is 43.6 Å². The van der Waals surface area contributed by atoms with Gasteiger partial charge in [-0.25, -0.2) is 4.79 Å². The highest BCUT2D eigenvalue weighted by Gasteiger charge is 2.32. The second kappa shape index (κ2) is 18.2. The summed E-state index contributed by atoms with van der Waals surface area (Å²) in [7, 11) is 0. The predicted octanol–water partition coefficient (Wildman–Crippen LogP) is -1.43. The molecule has 11 N–H and O–H groups in total. The summed E-state index contributed by atoms with van der Waals surface area (Å²) in [6.07, 6.45) is 2.38. The first-order chi connectivity index (χ1) is 17.3. The van der Waals surface area contributed by atoms with E-state index in [2.05, 4.69) is 20.9 Å². The molecule has 0 aromatic carbocycles. The normalized spacial score (nSPS) is 14.8. The van der Waals surface area contributed by atoms with E-state index in [1.165, 1.54) is 11.8 Å². The largest absolute Gasteiger partial charge is 0.481 e. The molecule has 5 unspecified atom stereocenters. The van der Waals surface area contributed by atoms with E-state index in [0.717, 1.165) is 0 Å². The van der Waals surface area contributed by atoms with Gasteiger partial charge in [0.1, 0.15) is 18.1 Å². The minimum atomic E-state index is -1.27. The van der Waals surface area contributed by atoms with Crippen LogP contribution in [0.1, 0.15) is 52.4 Å². The van der Waals surface area contributed by atoms with Crippen molar-refractivity contribution < 1.29 is 34.2 Å². The molecule has 0 saturated carbocycles. The summed E-state index contributed by atoms with van der Waals surface area (Å²) in [5, 5.41) is 26.0. The minimum Gasteiger partial charge on any atom is -0.481 e. The Labute approximate surface area is 220 Å². The molecule has 0 rings (SSSR count). The van der Waals surface area contributed by atoms with Crippen molar-refractivity contribution in [1.29, 1.82) is 0 Å². The SMILES string of the molecule is CCC(C)C(NC(=O)C(CCC(=O)O)NC(=O)C(N)CCSC)C(=O)NC(CCCN=C(N)N)C(=O)O. The Morgan fingerprint density at radius 2 is 1.54 bits per heavy atom. The fourth-order valence-corrected chi connectivity index (χ4v) is 3.66. The van der Waals surface area contributed by atoms with Gasteiger partial charge in [-0.3, -0.25) is 24.2 Å². The van der Waals surface area contributed by atoms with Crippen molar-refractivity contribution in [2.24, 2.45) is 28.1 Å². The molecule has 37 heavy (non-hydrogen) atoms. The summed E-state index contributed by atoms with van der Waals surface area (Å²) >= 11 is 1.50. The summed E-state index contributed by atoms with van der Waals surface area (Å²) < 4.78 is 0. The number of carbonyl (C=O) groups excluding carboxylic acids is 3. The van der Waals surface area contributed by atoms with Crippen molar-refractivity contribution in [2.75, 3.05) is 18.6 Å². The van der Waals surface area contributed by atoms with Crippen LogP contribution in [-0.2, 0) is 24.0 Å². The summed E-state index contributed by atoms with van der Waals surface area (Å²) in [6, 6.07) is -4.52. The van der Waals surface area contributed by atoms with Gasteiger partial charge >= 0.3 is 11.9 Å². The number of nitrogens with zero attached hydrogens (tertiary/aromatic N) is 1. The van der Waals surface area contributed by atoms with E-state index < -0.39 is 66.2 Å². The molecule has 0 bridgehead atoms. The third-order valence-corrected chi connectivity index (χ3v) is 6.25.